The number of imidazole rings is 1. The minimum atomic E-state index is -0.302. The first-order valence-electron chi connectivity index (χ1n) is 11.3. The van der Waals surface area contributed by atoms with Gasteiger partial charge in [-0.2, -0.15) is 5.26 Å². The Bertz CT molecular complexity index is 1390. The Kier molecular flexibility index (Phi) is 5.43. The maximum atomic E-state index is 12.2. The van der Waals surface area contributed by atoms with Gasteiger partial charge in [-0.15, -0.1) is 0 Å². The predicted molar refractivity (Wildman–Crippen MR) is 129 cm³/mol. The van der Waals surface area contributed by atoms with E-state index in [2.05, 4.69) is 20.6 Å². The molecule has 3 aromatic heterocycles. The summed E-state index contributed by atoms with van der Waals surface area (Å²) in [5.41, 5.74) is 4.84. The van der Waals surface area contributed by atoms with Crippen LogP contribution in [-0.2, 0) is 4.79 Å². The van der Waals surface area contributed by atoms with Crippen LogP contribution >= 0.6 is 0 Å². The first kappa shape index (κ1) is 21.0. The molecule has 1 aliphatic carbocycles. The Labute approximate surface area is 192 Å². The number of H-pyrrole nitrogens is 1. The van der Waals surface area contributed by atoms with E-state index in [-0.39, 0.29) is 11.5 Å². The van der Waals surface area contributed by atoms with E-state index in [9.17, 15) is 10.1 Å². The summed E-state index contributed by atoms with van der Waals surface area (Å²) < 4.78 is 2.41. The zero-order valence-corrected chi connectivity index (χ0v) is 18.9. The minimum Gasteiger partial charge on any atom is -0.346 e. The van der Waals surface area contributed by atoms with Crippen molar-refractivity contribution in [3.8, 4) is 17.5 Å². The molecule has 0 unspecified atom stereocenters. The monoisotopic (exact) mass is 438 g/mol. The quantitative estimate of drug-likeness (QED) is 0.355. The predicted octanol–water partition coefficient (Wildman–Crippen LogP) is 5.08. The first-order chi connectivity index (χ1) is 16.1. The number of amides is 1. The molecule has 7 heteroatoms. The number of nitriles is 1. The van der Waals surface area contributed by atoms with Crippen molar-refractivity contribution in [3.05, 3.63) is 53.9 Å². The number of hydrogen-bond acceptors (Lipinski definition) is 4. The van der Waals surface area contributed by atoms with Crippen molar-refractivity contribution >= 4 is 34.1 Å². The molecule has 0 aliphatic heterocycles. The minimum absolute atomic E-state index is 0.114. The SMILES string of the molecule is CN(C)C(=O)C(C#N)=Cc1ccc(-c2nc3cnc4[nH]ccc4c3n2C2CCCCC2)cc1. The molecule has 1 N–H and O–H groups in total. The fourth-order valence-electron chi connectivity index (χ4n) is 4.77. The van der Waals surface area contributed by atoms with Gasteiger partial charge in [-0.1, -0.05) is 43.5 Å². The molecule has 5 rings (SSSR count). The van der Waals surface area contributed by atoms with E-state index >= 15 is 0 Å². The summed E-state index contributed by atoms with van der Waals surface area (Å²) in [7, 11) is 3.28. The first-order valence-corrected chi connectivity index (χ1v) is 11.3. The summed E-state index contributed by atoms with van der Waals surface area (Å²) >= 11 is 0. The summed E-state index contributed by atoms with van der Waals surface area (Å²) in [6, 6.07) is 12.4. The third kappa shape index (κ3) is 3.78. The number of hydrogen-bond donors (Lipinski definition) is 1. The molecule has 1 saturated carbocycles. The van der Waals surface area contributed by atoms with Gasteiger partial charge >= 0.3 is 0 Å². The van der Waals surface area contributed by atoms with Gasteiger partial charge in [0.1, 0.15) is 28.6 Å². The summed E-state index contributed by atoms with van der Waals surface area (Å²) in [6.07, 6.45) is 11.4. The Morgan fingerprint density at radius 1 is 1.18 bits per heavy atom. The summed E-state index contributed by atoms with van der Waals surface area (Å²) in [6.45, 7) is 0. The number of carbonyl (C=O) groups is 1. The maximum Gasteiger partial charge on any atom is 0.264 e. The van der Waals surface area contributed by atoms with Crippen molar-refractivity contribution in [1.82, 2.24) is 24.4 Å². The Hall–Kier alpha value is -3.92. The lowest BCUT2D eigenvalue weighted by Gasteiger charge is -2.26. The third-order valence-electron chi connectivity index (χ3n) is 6.41. The molecule has 1 aromatic carbocycles. The average Bonchev–Trinajstić information content (AvgIpc) is 3.47. The smallest absolute Gasteiger partial charge is 0.264 e. The molecule has 7 nitrogen and oxygen atoms in total. The van der Waals surface area contributed by atoms with Crippen LogP contribution in [0.2, 0.25) is 0 Å². The molecule has 1 fully saturated rings. The average molecular weight is 439 g/mol. The van der Waals surface area contributed by atoms with Crippen LogP contribution in [0.5, 0.6) is 0 Å². The Morgan fingerprint density at radius 2 is 1.94 bits per heavy atom. The van der Waals surface area contributed by atoms with E-state index in [1.807, 2.05) is 42.7 Å². The molecule has 0 bridgehead atoms. The Balaban J connectivity index is 1.61. The molecule has 4 aromatic rings. The van der Waals surface area contributed by atoms with Crippen LogP contribution in [0.25, 0.3) is 39.5 Å². The molecule has 1 amide bonds. The summed E-state index contributed by atoms with van der Waals surface area (Å²) in [4.78, 5) is 26.4. The molecule has 0 atom stereocenters. The molecule has 1 aliphatic rings. The van der Waals surface area contributed by atoms with Gasteiger partial charge in [0.05, 0.1) is 11.7 Å². The van der Waals surface area contributed by atoms with Gasteiger partial charge in [0.25, 0.3) is 5.91 Å². The van der Waals surface area contributed by atoms with Gasteiger partial charge in [-0.25, -0.2) is 9.97 Å². The van der Waals surface area contributed by atoms with Crippen LogP contribution < -0.4 is 0 Å². The van der Waals surface area contributed by atoms with Crippen LogP contribution in [0.3, 0.4) is 0 Å². The second-order valence-corrected chi connectivity index (χ2v) is 8.82. The number of nitrogens with one attached hydrogen (secondary N) is 1. The topological polar surface area (TPSA) is 90.6 Å². The highest BCUT2D eigenvalue weighted by atomic mass is 16.2. The lowest BCUT2D eigenvalue weighted by atomic mass is 9.94. The van der Waals surface area contributed by atoms with Crippen molar-refractivity contribution in [1.29, 1.82) is 5.26 Å². The normalized spacial score (nSPS) is 15.1. The van der Waals surface area contributed by atoms with Gasteiger partial charge in [-0.05, 0) is 30.5 Å². The van der Waals surface area contributed by atoms with Crippen molar-refractivity contribution in [2.24, 2.45) is 0 Å². The zero-order valence-electron chi connectivity index (χ0n) is 18.9. The number of likely N-dealkylation sites (N-methyl/N-ethyl adjacent to an activating group) is 1. The van der Waals surface area contributed by atoms with Crippen LogP contribution in [0.1, 0.15) is 43.7 Å². The van der Waals surface area contributed by atoms with Crippen LogP contribution in [-0.4, -0.2) is 44.4 Å². The number of aromatic amines is 1. The van der Waals surface area contributed by atoms with E-state index in [1.54, 1.807) is 20.2 Å². The summed E-state index contributed by atoms with van der Waals surface area (Å²) in [5, 5.41) is 10.5. The highest BCUT2D eigenvalue weighted by Gasteiger charge is 2.24. The van der Waals surface area contributed by atoms with E-state index in [0.29, 0.717) is 6.04 Å². The number of benzene rings is 1. The van der Waals surface area contributed by atoms with E-state index in [0.717, 1.165) is 51.9 Å². The molecule has 3 heterocycles. The van der Waals surface area contributed by atoms with Crippen LogP contribution in [0, 0.1) is 11.3 Å². The maximum absolute atomic E-state index is 12.2. The van der Waals surface area contributed by atoms with Crippen molar-refractivity contribution in [2.45, 2.75) is 38.1 Å². The number of nitrogens with zero attached hydrogens (tertiary/aromatic N) is 5. The second-order valence-electron chi connectivity index (χ2n) is 8.82. The molecular formula is C26H26N6O. The van der Waals surface area contributed by atoms with Gasteiger partial charge < -0.3 is 14.5 Å². The molecule has 0 radical (unpaired) electrons. The number of pyridine rings is 1. The second kappa shape index (κ2) is 8.55. The van der Waals surface area contributed by atoms with E-state index < -0.39 is 0 Å². The van der Waals surface area contributed by atoms with Crippen LogP contribution in [0.4, 0.5) is 0 Å². The van der Waals surface area contributed by atoms with Gasteiger partial charge in [0.15, 0.2) is 0 Å². The number of rotatable bonds is 4. The number of fused-ring (bicyclic) bond motifs is 3. The summed E-state index contributed by atoms with van der Waals surface area (Å²) in [5.74, 6) is 0.636. The lowest BCUT2D eigenvalue weighted by molar-refractivity contribution is -0.124. The van der Waals surface area contributed by atoms with E-state index in [4.69, 9.17) is 4.98 Å². The number of carbonyl (C=O) groups excluding carboxylic acids is 1. The van der Waals surface area contributed by atoms with Gasteiger partial charge in [0.2, 0.25) is 0 Å². The standard InChI is InChI=1S/C26H26N6O/c1-31(2)26(33)19(15-27)14-17-8-10-18(11-9-17)25-30-22-16-29-24-21(12-13-28-24)23(22)32(25)20-6-4-3-5-7-20/h8-14,16,20H,3-7H2,1-2H3,(H,28,29). The molecule has 33 heavy (non-hydrogen) atoms. The van der Waals surface area contributed by atoms with Crippen molar-refractivity contribution in [2.75, 3.05) is 14.1 Å². The largest absolute Gasteiger partial charge is 0.346 e. The lowest BCUT2D eigenvalue weighted by Crippen LogP contribution is -2.22. The highest BCUT2D eigenvalue weighted by Crippen LogP contribution is 2.38. The fraction of sp³-hybridized carbons (Fsp3) is 0.308. The number of aromatic nitrogens is 4. The zero-order chi connectivity index (χ0) is 22.9. The highest BCUT2D eigenvalue weighted by molar-refractivity contribution is 6.03. The third-order valence-corrected chi connectivity index (χ3v) is 6.41. The van der Waals surface area contributed by atoms with Crippen molar-refractivity contribution in [3.63, 3.8) is 0 Å². The molecule has 0 spiro atoms. The van der Waals surface area contributed by atoms with E-state index in [1.165, 1.54) is 24.2 Å². The fourth-order valence-corrected chi connectivity index (χ4v) is 4.77. The molecule has 0 saturated heterocycles. The van der Waals surface area contributed by atoms with Crippen molar-refractivity contribution < 1.29 is 4.79 Å². The molecule has 166 valence electrons. The Morgan fingerprint density at radius 3 is 2.64 bits per heavy atom. The van der Waals surface area contributed by atoms with Gasteiger partial charge in [-0.3, -0.25) is 4.79 Å². The van der Waals surface area contributed by atoms with Gasteiger partial charge in [0, 0.05) is 37.3 Å². The van der Waals surface area contributed by atoms with Crippen LogP contribution in [0.15, 0.2) is 48.3 Å². The molecular weight excluding hydrogens is 412 g/mol.